The summed E-state index contributed by atoms with van der Waals surface area (Å²) in [7, 11) is 0. The molecule has 0 aromatic heterocycles. The van der Waals surface area contributed by atoms with Crippen molar-refractivity contribution in [2.24, 2.45) is 0 Å². The first-order valence-corrected chi connectivity index (χ1v) is 6.89. The minimum Gasteiger partial charge on any atom is -0.354 e. The Balaban J connectivity index is 1.95. The molecule has 1 aromatic rings. The smallest absolute Gasteiger partial charge is 0.227 e. The Hall–Kier alpha value is -1.35. The quantitative estimate of drug-likeness (QED) is 0.778. The number of fused-ring (bicyclic) bond motifs is 1. The normalized spacial score (nSPS) is 18.2. The number of likely N-dealkylation sites (N-methyl/N-ethyl adjacent to an activating group) is 1. The Labute approximate surface area is 109 Å². The van der Waals surface area contributed by atoms with E-state index >= 15 is 0 Å². The summed E-state index contributed by atoms with van der Waals surface area (Å²) in [6.45, 7) is 4.57. The van der Waals surface area contributed by atoms with Crippen molar-refractivity contribution in [1.82, 2.24) is 10.6 Å². The molecule has 0 aliphatic heterocycles. The molecule has 3 nitrogen and oxygen atoms in total. The lowest BCUT2D eigenvalue weighted by Crippen LogP contribution is -2.36. The van der Waals surface area contributed by atoms with E-state index in [1.54, 1.807) is 0 Å². The summed E-state index contributed by atoms with van der Waals surface area (Å²) in [6.07, 6.45) is 3.20. The lowest BCUT2D eigenvalue weighted by molar-refractivity contribution is -0.122. The van der Waals surface area contributed by atoms with Crippen molar-refractivity contribution in [2.45, 2.75) is 32.1 Å². The van der Waals surface area contributed by atoms with Crippen molar-refractivity contribution in [3.63, 3.8) is 0 Å². The number of nitrogens with one attached hydrogen (secondary N) is 2. The Bertz CT molecular complexity index is 403. The molecule has 1 aliphatic carbocycles. The maximum Gasteiger partial charge on any atom is 0.227 e. The van der Waals surface area contributed by atoms with Crippen LogP contribution in [0.5, 0.6) is 0 Å². The number of hydrogen-bond acceptors (Lipinski definition) is 2. The molecule has 0 fully saturated rings. The van der Waals surface area contributed by atoms with E-state index in [4.69, 9.17) is 0 Å². The van der Waals surface area contributed by atoms with E-state index in [0.29, 0.717) is 6.54 Å². The molecule has 3 heteroatoms. The molecule has 1 aliphatic rings. The highest BCUT2D eigenvalue weighted by Gasteiger charge is 2.25. The lowest BCUT2D eigenvalue weighted by atomic mass is 9.82. The van der Waals surface area contributed by atoms with E-state index in [2.05, 4.69) is 35.8 Å². The summed E-state index contributed by atoms with van der Waals surface area (Å²) in [5, 5.41) is 6.24. The molecule has 1 aromatic carbocycles. The van der Waals surface area contributed by atoms with Gasteiger partial charge in [0.1, 0.15) is 0 Å². The average molecular weight is 246 g/mol. The van der Waals surface area contributed by atoms with Gasteiger partial charge in [0.15, 0.2) is 0 Å². The third-order valence-corrected chi connectivity index (χ3v) is 3.54. The molecule has 0 heterocycles. The summed E-state index contributed by atoms with van der Waals surface area (Å²) in [5.74, 6) is 0.233. The molecule has 0 saturated heterocycles. The molecule has 18 heavy (non-hydrogen) atoms. The zero-order valence-electron chi connectivity index (χ0n) is 11.0. The topological polar surface area (TPSA) is 41.1 Å². The van der Waals surface area contributed by atoms with Gasteiger partial charge in [-0.1, -0.05) is 31.2 Å². The van der Waals surface area contributed by atoms with Gasteiger partial charge in [0.2, 0.25) is 5.91 Å². The van der Waals surface area contributed by atoms with E-state index in [1.807, 2.05) is 6.07 Å². The highest BCUT2D eigenvalue weighted by atomic mass is 16.1. The molecular weight excluding hydrogens is 224 g/mol. The van der Waals surface area contributed by atoms with Crippen LogP contribution in [0.3, 0.4) is 0 Å². The second-order valence-corrected chi connectivity index (χ2v) is 4.79. The van der Waals surface area contributed by atoms with E-state index < -0.39 is 0 Å². The van der Waals surface area contributed by atoms with Crippen LogP contribution in [0.4, 0.5) is 0 Å². The third-order valence-electron chi connectivity index (χ3n) is 3.54. The SMILES string of the molecule is CCNCCNC(=O)C1CCCc2ccccc21. The average Bonchev–Trinajstić information content (AvgIpc) is 2.43. The number of rotatable bonds is 5. The van der Waals surface area contributed by atoms with Gasteiger partial charge in [0.05, 0.1) is 5.92 Å². The molecule has 1 amide bonds. The first-order valence-electron chi connectivity index (χ1n) is 6.89. The maximum absolute atomic E-state index is 12.2. The molecule has 0 radical (unpaired) electrons. The fourth-order valence-electron chi connectivity index (χ4n) is 2.60. The highest BCUT2D eigenvalue weighted by Crippen LogP contribution is 2.31. The van der Waals surface area contributed by atoms with Gasteiger partial charge in [0, 0.05) is 13.1 Å². The van der Waals surface area contributed by atoms with E-state index in [9.17, 15) is 4.79 Å². The van der Waals surface area contributed by atoms with Gasteiger partial charge in [-0.3, -0.25) is 4.79 Å². The van der Waals surface area contributed by atoms with E-state index in [-0.39, 0.29) is 11.8 Å². The minimum absolute atomic E-state index is 0.0524. The van der Waals surface area contributed by atoms with Crippen molar-refractivity contribution in [3.8, 4) is 0 Å². The molecular formula is C15H22N2O. The van der Waals surface area contributed by atoms with Crippen LogP contribution in [0, 0.1) is 0 Å². The number of carbonyl (C=O) groups is 1. The largest absolute Gasteiger partial charge is 0.354 e. The molecule has 0 spiro atoms. The van der Waals surface area contributed by atoms with Crippen LogP contribution >= 0.6 is 0 Å². The first kappa shape index (κ1) is 13.1. The Morgan fingerprint density at radius 3 is 3.00 bits per heavy atom. The van der Waals surface area contributed by atoms with Crippen LogP contribution in [-0.2, 0) is 11.2 Å². The highest BCUT2D eigenvalue weighted by molar-refractivity contribution is 5.84. The molecule has 0 saturated carbocycles. The molecule has 2 rings (SSSR count). The predicted octanol–water partition coefficient (Wildman–Crippen LogP) is 1.83. The Morgan fingerprint density at radius 1 is 1.33 bits per heavy atom. The first-order chi connectivity index (χ1) is 8.83. The summed E-state index contributed by atoms with van der Waals surface area (Å²) in [4.78, 5) is 12.2. The summed E-state index contributed by atoms with van der Waals surface area (Å²) in [5.41, 5.74) is 2.57. The zero-order chi connectivity index (χ0) is 12.8. The van der Waals surface area contributed by atoms with Gasteiger partial charge in [-0.2, -0.15) is 0 Å². The van der Waals surface area contributed by atoms with Crippen LogP contribution in [0.15, 0.2) is 24.3 Å². The number of carbonyl (C=O) groups excluding carboxylic acids is 1. The standard InChI is InChI=1S/C15H22N2O/c1-2-16-10-11-17-15(18)14-9-5-7-12-6-3-4-8-13(12)14/h3-4,6,8,14,16H,2,5,7,9-11H2,1H3,(H,17,18). The third kappa shape index (κ3) is 3.10. The second-order valence-electron chi connectivity index (χ2n) is 4.79. The monoisotopic (exact) mass is 246 g/mol. The number of benzene rings is 1. The van der Waals surface area contributed by atoms with Gasteiger partial charge < -0.3 is 10.6 Å². The zero-order valence-corrected chi connectivity index (χ0v) is 11.0. The predicted molar refractivity (Wildman–Crippen MR) is 73.7 cm³/mol. The Kier molecular flexibility index (Phi) is 4.76. The number of hydrogen-bond donors (Lipinski definition) is 2. The molecule has 0 bridgehead atoms. The maximum atomic E-state index is 12.2. The number of aryl methyl sites for hydroxylation is 1. The molecule has 1 unspecified atom stereocenters. The lowest BCUT2D eigenvalue weighted by Gasteiger charge is -2.24. The summed E-state index contributed by atoms with van der Waals surface area (Å²) in [6, 6.07) is 8.34. The fourth-order valence-corrected chi connectivity index (χ4v) is 2.60. The van der Waals surface area contributed by atoms with Gasteiger partial charge in [-0.25, -0.2) is 0 Å². The summed E-state index contributed by atoms with van der Waals surface area (Å²) >= 11 is 0. The molecule has 98 valence electrons. The fraction of sp³-hybridized carbons (Fsp3) is 0.533. The van der Waals surface area contributed by atoms with Crippen molar-refractivity contribution >= 4 is 5.91 Å². The Morgan fingerprint density at radius 2 is 2.17 bits per heavy atom. The van der Waals surface area contributed by atoms with E-state index in [1.165, 1.54) is 11.1 Å². The van der Waals surface area contributed by atoms with Crippen molar-refractivity contribution < 1.29 is 4.79 Å². The van der Waals surface area contributed by atoms with Crippen LogP contribution in [0.1, 0.15) is 36.8 Å². The van der Waals surface area contributed by atoms with Gasteiger partial charge in [-0.05, 0) is 36.9 Å². The van der Waals surface area contributed by atoms with Crippen molar-refractivity contribution in [3.05, 3.63) is 35.4 Å². The number of amides is 1. The van der Waals surface area contributed by atoms with Crippen LogP contribution in [-0.4, -0.2) is 25.5 Å². The van der Waals surface area contributed by atoms with Crippen LogP contribution in [0.2, 0.25) is 0 Å². The minimum atomic E-state index is 0.0524. The molecule has 2 N–H and O–H groups in total. The van der Waals surface area contributed by atoms with E-state index in [0.717, 1.165) is 32.4 Å². The van der Waals surface area contributed by atoms with Crippen LogP contribution in [0.25, 0.3) is 0 Å². The molecule has 1 atom stereocenters. The van der Waals surface area contributed by atoms with Gasteiger partial charge >= 0.3 is 0 Å². The van der Waals surface area contributed by atoms with Gasteiger partial charge in [-0.15, -0.1) is 0 Å². The van der Waals surface area contributed by atoms with Gasteiger partial charge in [0.25, 0.3) is 0 Å². The van der Waals surface area contributed by atoms with Crippen LogP contribution < -0.4 is 10.6 Å². The summed E-state index contributed by atoms with van der Waals surface area (Å²) < 4.78 is 0. The van der Waals surface area contributed by atoms with Crippen molar-refractivity contribution in [1.29, 1.82) is 0 Å². The van der Waals surface area contributed by atoms with Crippen molar-refractivity contribution in [2.75, 3.05) is 19.6 Å². The second kappa shape index (κ2) is 6.55.